The van der Waals surface area contributed by atoms with Crippen LogP contribution in [0.3, 0.4) is 0 Å². The van der Waals surface area contributed by atoms with E-state index < -0.39 is 0 Å². The van der Waals surface area contributed by atoms with Gasteiger partial charge in [0, 0.05) is 12.6 Å². The van der Waals surface area contributed by atoms with Crippen LogP contribution < -0.4 is 5.32 Å². The second-order valence-corrected chi connectivity index (χ2v) is 6.98. The fourth-order valence-electron chi connectivity index (χ4n) is 3.34. The lowest BCUT2D eigenvalue weighted by Gasteiger charge is -2.28. The first-order valence-corrected chi connectivity index (χ1v) is 8.46. The van der Waals surface area contributed by atoms with E-state index in [1.807, 2.05) is 0 Å². The van der Waals surface area contributed by atoms with Crippen molar-refractivity contribution in [3.8, 4) is 0 Å². The van der Waals surface area contributed by atoms with Crippen LogP contribution in [-0.4, -0.2) is 6.04 Å². The van der Waals surface area contributed by atoms with Crippen molar-refractivity contribution in [2.45, 2.75) is 71.9 Å². The molecule has 0 radical (unpaired) electrons. The lowest BCUT2D eigenvalue weighted by Crippen LogP contribution is -2.34. The molecule has 112 valence electrons. The molecule has 1 aliphatic rings. The van der Waals surface area contributed by atoms with Crippen molar-refractivity contribution in [2.24, 2.45) is 11.8 Å². The Bertz CT molecular complexity index is 373. The summed E-state index contributed by atoms with van der Waals surface area (Å²) in [6.07, 6.45) is 8.33. The summed E-state index contributed by atoms with van der Waals surface area (Å²) in [5.41, 5.74) is 2.88. The number of nitrogens with one attached hydrogen (secondary N) is 1. The van der Waals surface area contributed by atoms with Gasteiger partial charge >= 0.3 is 0 Å². The highest BCUT2D eigenvalue weighted by atomic mass is 14.9. The molecule has 1 fully saturated rings. The normalized spacial score (nSPS) is 18.4. The predicted octanol–water partition coefficient (Wildman–Crippen LogP) is 4.94. The Labute approximate surface area is 125 Å². The maximum atomic E-state index is 3.73. The molecular formula is C19H31N. The van der Waals surface area contributed by atoms with E-state index in [2.05, 4.69) is 50.4 Å². The van der Waals surface area contributed by atoms with E-state index in [9.17, 15) is 0 Å². The average Bonchev–Trinajstić information content (AvgIpc) is 2.46. The molecule has 0 saturated heterocycles. The minimum atomic E-state index is 0.658. The Morgan fingerprint density at radius 3 is 2.15 bits per heavy atom. The van der Waals surface area contributed by atoms with Crippen LogP contribution in [0, 0.1) is 11.8 Å². The minimum absolute atomic E-state index is 0.658. The summed E-state index contributed by atoms with van der Waals surface area (Å²) in [6, 6.07) is 9.83. The second kappa shape index (κ2) is 7.83. The molecule has 1 heteroatoms. The SMILES string of the molecule is CC(C)Cc1ccc(CN[C@@H](C)C2CCCCC2)cc1. The number of hydrogen-bond acceptors (Lipinski definition) is 1. The van der Waals surface area contributed by atoms with Gasteiger partial charge in [0.15, 0.2) is 0 Å². The van der Waals surface area contributed by atoms with Crippen molar-refractivity contribution in [1.82, 2.24) is 5.32 Å². The summed E-state index contributed by atoms with van der Waals surface area (Å²) in [5.74, 6) is 1.63. The van der Waals surface area contributed by atoms with E-state index in [1.54, 1.807) is 0 Å². The number of rotatable bonds is 6. The highest BCUT2D eigenvalue weighted by Crippen LogP contribution is 2.26. The van der Waals surface area contributed by atoms with E-state index in [0.29, 0.717) is 6.04 Å². The fraction of sp³-hybridized carbons (Fsp3) is 0.684. The molecule has 1 aromatic rings. The summed E-state index contributed by atoms with van der Waals surface area (Å²) in [5, 5.41) is 3.73. The van der Waals surface area contributed by atoms with E-state index in [-0.39, 0.29) is 0 Å². The molecule has 0 amide bonds. The van der Waals surface area contributed by atoms with Crippen LogP contribution in [-0.2, 0) is 13.0 Å². The maximum absolute atomic E-state index is 3.73. The first-order chi connectivity index (χ1) is 9.65. The molecule has 0 unspecified atom stereocenters. The summed E-state index contributed by atoms with van der Waals surface area (Å²) in [7, 11) is 0. The predicted molar refractivity (Wildman–Crippen MR) is 87.9 cm³/mol. The summed E-state index contributed by atoms with van der Waals surface area (Å²) in [4.78, 5) is 0. The molecule has 1 aromatic carbocycles. The van der Waals surface area contributed by atoms with Gasteiger partial charge in [0.2, 0.25) is 0 Å². The molecule has 1 nitrogen and oxygen atoms in total. The van der Waals surface area contributed by atoms with Gasteiger partial charge in [0.05, 0.1) is 0 Å². The molecule has 0 aliphatic heterocycles. The smallest absolute Gasteiger partial charge is 0.0208 e. The van der Waals surface area contributed by atoms with Gasteiger partial charge in [-0.25, -0.2) is 0 Å². The highest BCUT2D eigenvalue weighted by Gasteiger charge is 2.19. The summed E-state index contributed by atoms with van der Waals surface area (Å²) < 4.78 is 0. The lowest BCUT2D eigenvalue weighted by atomic mass is 9.84. The Morgan fingerprint density at radius 2 is 1.55 bits per heavy atom. The summed E-state index contributed by atoms with van der Waals surface area (Å²) >= 11 is 0. The molecule has 20 heavy (non-hydrogen) atoms. The van der Waals surface area contributed by atoms with E-state index in [1.165, 1.54) is 49.7 Å². The van der Waals surface area contributed by atoms with Crippen molar-refractivity contribution in [3.63, 3.8) is 0 Å². The zero-order valence-electron chi connectivity index (χ0n) is 13.5. The monoisotopic (exact) mass is 273 g/mol. The average molecular weight is 273 g/mol. The van der Waals surface area contributed by atoms with Crippen LogP contribution in [0.25, 0.3) is 0 Å². The largest absolute Gasteiger partial charge is 0.310 e. The second-order valence-electron chi connectivity index (χ2n) is 6.98. The molecule has 1 N–H and O–H groups in total. The van der Waals surface area contributed by atoms with Gasteiger partial charge in [-0.2, -0.15) is 0 Å². The zero-order chi connectivity index (χ0) is 14.4. The van der Waals surface area contributed by atoms with Crippen LogP contribution in [0.4, 0.5) is 0 Å². The number of benzene rings is 1. The topological polar surface area (TPSA) is 12.0 Å². The first-order valence-electron chi connectivity index (χ1n) is 8.46. The van der Waals surface area contributed by atoms with E-state index >= 15 is 0 Å². The number of hydrogen-bond donors (Lipinski definition) is 1. The minimum Gasteiger partial charge on any atom is -0.310 e. The third kappa shape index (κ3) is 4.94. The van der Waals surface area contributed by atoms with E-state index in [4.69, 9.17) is 0 Å². The van der Waals surface area contributed by atoms with Crippen LogP contribution in [0.2, 0.25) is 0 Å². The molecule has 0 heterocycles. The Hall–Kier alpha value is -0.820. The lowest BCUT2D eigenvalue weighted by molar-refractivity contribution is 0.280. The van der Waals surface area contributed by atoms with Gasteiger partial charge in [-0.1, -0.05) is 57.4 Å². The third-order valence-electron chi connectivity index (χ3n) is 4.65. The fourth-order valence-corrected chi connectivity index (χ4v) is 3.34. The Balaban J connectivity index is 1.78. The van der Waals surface area contributed by atoms with Gasteiger partial charge in [-0.05, 0) is 49.1 Å². The van der Waals surface area contributed by atoms with Gasteiger partial charge in [-0.3, -0.25) is 0 Å². The first kappa shape index (κ1) is 15.6. The maximum Gasteiger partial charge on any atom is 0.0208 e. The molecule has 0 spiro atoms. The Kier molecular flexibility index (Phi) is 6.09. The van der Waals surface area contributed by atoms with Crippen LogP contribution in [0.15, 0.2) is 24.3 Å². The van der Waals surface area contributed by atoms with Crippen LogP contribution in [0.5, 0.6) is 0 Å². The molecule has 0 aromatic heterocycles. The molecule has 1 saturated carbocycles. The van der Waals surface area contributed by atoms with E-state index in [0.717, 1.165) is 18.4 Å². The van der Waals surface area contributed by atoms with Crippen LogP contribution >= 0.6 is 0 Å². The van der Waals surface area contributed by atoms with Gasteiger partial charge in [0.1, 0.15) is 0 Å². The quantitative estimate of drug-likeness (QED) is 0.774. The molecule has 2 rings (SSSR count). The zero-order valence-corrected chi connectivity index (χ0v) is 13.5. The van der Waals surface area contributed by atoms with Gasteiger partial charge in [0.25, 0.3) is 0 Å². The van der Waals surface area contributed by atoms with Gasteiger partial charge in [-0.15, -0.1) is 0 Å². The molecule has 1 atom stereocenters. The molecule has 0 bridgehead atoms. The van der Waals surface area contributed by atoms with Crippen molar-refractivity contribution in [3.05, 3.63) is 35.4 Å². The van der Waals surface area contributed by atoms with Crippen molar-refractivity contribution < 1.29 is 0 Å². The van der Waals surface area contributed by atoms with Crippen LogP contribution in [0.1, 0.15) is 64.0 Å². The van der Waals surface area contributed by atoms with Gasteiger partial charge < -0.3 is 5.32 Å². The summed E-state index contributed by atoms with van der Waals surface area (Å²) in [6.45, 7) is 7.94. The molecule has 1 aliphatic carbocycles. The standard InChI is InChI=1S/C19H31N/c1-15(2)13-17-9-11-18(12-10-17)14-20-16(3)19-7-5-4-6-8-19/h9-12,15-16,19-20H,4-8,13-14H2,1-3H3/t16-/m0/s1. The molecular weight excluding hydrogens is 242 g/mol. The van der Waals surface area contributed by atoms with Crippen molar-refractivity contribution >= 4 is 0 Å². The highest BCUT2D eigenvalue weighted by molar-refractivity contribution is 5.22. The Morgan fingerprint density at radius 1 is 0.950 bits per heavy atom. The third-order valence-corrected chi connectivity index (χ3v) is 4.65. The van der Waals surface area contributed by atoms with Crippen molar-refractivity contribution in [1.29, 1.82) is 0 Å². The van der Waals surface area contributed by atoms with Crippen molar-refractivity contribution in [2.75, 3.05) is 0 Å².